The van der Waals surface area contributed by atoms with Crippen molar-refractivity contribution < 1.29 is 9.59 Å². The van der Waals surface area contributed by atoms with E-state index in [4.69, 9.17) is 0 Å². The molecule has 1 aromatic carbocycles. The molecule has 4 heteroatoms. The van der Waals surface area contributed by atoms with Crippen LogP contribution in [0.2, 0.25) is 0 Å². The summed E-state index contributed by atoms with van der Waals surface area (Å²) in [7, 11) is 0. The first kappa shape index (κ1) is 17.0. The number of hydrogen-bond donors (Lipinski definition) is 1. The second-order valence-electron chi connectivity index (χ2n) is 7.07. The summed E-state index contributed by atoms with van der Waals surface area (Å²) in [6, 6.07) is 9.70. The standard InChI is InChI=1S/C20H28N2O2/c23-19(22-15-7-11-16-8-4-5-12-18(16)22)13-6-14-21-20(24)17-9-2-1-3-10-17/h1-3,9-10,16,18H,4-8,11-15H2,(H,21,24). The average Bonchev–Trinajstić information content (AvgIpc) is 2.65. The van der Waals surface area contributed by atoms with Gasteiger partial charge >= 0.3 is 0 Å². The zero-order chi connectivity index (χ0) is 16.8. The number of rotatable bonds is 5. The molecule has 1 aliphatic carbocycles. The lowest BCUT2D eigenvalue weighted by Crippen LogP contribution is -2.49. The fourth-order valence-corrected chi connectivity index (χ4v) is 4.21. The molecular weight excluding hydrogens is 300 g/mol. The minimum atomic E-state index is -0.0617. The molecule has 0 bridgehead atoms. The summed E-state index contributed by atoms with van der Waals surface area (Å²) < 4.78 is 0. The minimum absolute atomic E-state index is 0.0617. The molecule has 3 rings (SSSR count). The van der Waals surface area contributed by atoms with Crippen LogP contribution in [0.5, 0.6) is 0 Å². The third-order valence-electron chi connectivity index (χ3n) is 5.45. The Morgan fingerprint density at radius 1 is 1.04 bits per heavy atom. The minimum Gasteiger partial charge on any atom is -0.352 e. The van der Waals surface area contributed by atoms with E-state index in [-0.39, 0.29) is 11.8 Å². The van der Waals surface area contributed by atoms with E-state index in [2.05, 4.69) is 10.2 Å². The van der Waals surface area contributed by atoms with Gasteiger partial charge in [0.25, 0.3) is 5.91 Å². The quantitative estimate of drug-likeness (QED) is 0.843. The van der Waals surface area contributed by atoms with E-state index >= 15 is 0 Å². The van der Waals surface area contributed by atoms with Gasteiger partial charge < -0.3 is 10.2 Å². The van der Waals surface area contributed by atoms with Crippen LogP contribution in [0, 0.1) is 5.92 Å². The lowest BCUT2D eigenvalue weighted by molar-refractivity contribution is -0.137. The van der Waals surface area contributed by atoms with Crippen LogP contribution in [0.15, 0.2) is 30.3 Å². The summed E-state index contributed by atoms with van der Waals surface area (Å²) in [6.07, 6.45) is 8.76. The molecule has 2 fully saturated rings. The van der Waals surface area contributed by atoms with Gasteiger partial charge in [0, 0.05) is 31.1 Å². The van der Waals surface area contributed by atoms with Crippen LogP contribution in [0.3, 0.4) is 0 Å². The number of carbonyl (C=O) groups excluding carboxylic acids is 2. The highest BCUT2D eigenvalue weighted by Gasteiger charge is 2.35. The lowest BCUT2D eigenvalue weighted by Gasteiger charge is -2.44. The molecule has 2 unspecified atom stereocenters. The fraction of sp³-hybridized carbons (Fsp3) is 0.600. The Kier molecular flexibility index (Phi) is 5.89. The van der Waals surface area contributed by atoms with Gasteiger partial charge in [0.15, 0.2) is 0 Å². The van der Waals surface area contributed by atoms with Crippen LogP contribution in [-0.2, 0) is 4.79 Å². The van der Waals surface area contributed by atoms with E-state index in [9.17, 15) is 9.59 Å². The van der Waals surface area contributed by atoms with Crippen molar-refractivity contribution in [2.75, 3.05) is 13.1 Å². The van der Waals surface area contributed by atoms with E-state index in [0.717, 1.165) is 18.9 Å². The second kappa shape index (κ2) is 8.32. The van der Waals surface area contributed by atoms with Crippen molar-refractivity contribution in [2.45, 2.75) is 57.4 Å². The van der Waals surface area contributed by atoms with E-state index in [1.807, 2.05) is 18.2 Å². The first-order valence-corrected chi connectivity index (χ1v) is 9.38. The van der Waals surface area contributed by atoms with Crippen molar-refractivity contribution in [1.29, 1.82) is 0 Å². The molecular formula is C20H28N2O2. The first-order chi connectivity index (χ1) is 11.8. The van der Waals surface area contributed by atoms with Gasteiger partial charge in [-0.25, -0.2) is 0 Å². The number of likely N-dealkylation sites (tertiary alicyclic amines) is 1. The summed E-state index contributed by atoms with van der Waals surface area (Å²) in [5, 5.41) is 2.90. The molecule has 2 amide bonds. The smallest absolute Gasteiger partial charge is 0.251 e. The first-order valence-electron chi connectivity index (χ1n) is 9.38. The van der Waals surface area contributed by atoms with Gasteiger partial charge in [-0.1, -0.05) is 31.0 Å². The number of nitrogens with one attached hydrogen (secondary N) is 1. The molecule has 1 heterocycles. The van der Waals surface area contributed by atoms with E-state index in [0.29, 0.717) is 31.0 Å². The van der Waals surface area contributed by atoms with Gasteiger partial charge in [0.1, 0.15) is 0 Å². The molecule has 0 aromatic heterocycles. The van der Waals surface area contributed by atoms with E-state index in [1.165, 1.54) is 32.1 Å². The Hall–Kier alpha value is -1.84. The third-order valence-corrected chi connectivity index (χ3v) is 5.45. The molecule has 1 saturated heterocycles. The van der Waals surface area contributed by atoms with Gasteiger partial charge in [-0.2, -0.15) is 0 Å². The van der Waals surface area contributed by atoms with Crippen molar-refractivity contribution in [3.63, 3.8) is 0 Å². The lowest BCUT2D eigenvalue weighted by atomic mass is 9.78. The van der Waals surface area contributed by atoms with Crippen molar-refractivity contribution in [2.24, 2.45) is 5.92 Å². The monoisotopic (exact) mass is 328 g/mol. The molecule has 24 heavy (non-hydrogen) atoms. The van der Waals surface area contributed by atoms with Gasteiger partial charge in [-0.15, -0.1) is 0 Å². The zero-order valence-corrected chi connectivity index (χ0v) is 14.4. The summed E-state index contributed by atoms with van der Waals surface area (Å²) in [5.74, 6) is 0.947. The van der Waals surface area contributed by atoms with Crippen LogP contribution in [0.1, 0.15) is 61.7 Å². The molecule has 1 saturated carbocycles. The molecule has 2 atom stereocenters. The van der Waals surface area contributed by atoms with Gasteiger partial charge in [-0.3, -0.25) is 9.59 Å². The Balaban J connectivity index is 1.41. The Morgan fingerprint density at radius 2 is 1.79 bits per heavy atom. The van der Waals surface area contributed by atoms with Crippen molar-refractivity contribution >= 4 is 11.8 Å². The molecule has 4 nitrogen and oxygen atoms in total. The number of carbonyl (C=O) groups is 2. The van der Waals surface area contributed by atoms with Crippen molar-refractivity contribution in [1.82, 2.24) is 10.2 Å². The highest BCUT2D eigenvalue weighted by atomic mass is 16.2. The van der Waals surface area contributed by atoms with Crippen LogP contribution < -0.4 is 5.32 Å². The number of nitrogens with zero attached hydrogens (tertiary/aromatic N) is 1. The van der Waals surface area contributed by atoms with Crippen molar-refractivity contribution in [3.8, 4) is 0 Å². The van der Waals surface area contributed by atoms with Crippen molar-refractivity contribution in [3.05, 3.63) is 35.9 Å². The Bertz CT molecular complexity index is 556. The van der Waals surface area contributed by atoms with E-state index in [1.54, 1.807) is 12.1 Å². The molecule has 1 aliphatic heterocycles. The fourth-order valence-electron chi connectivity index (χ4n) is 4.21. The molecule has 0 radical (unpaired) electrons. The van der Waals surface area contributed by atoms with Gasteiger partial charge in [0.2, 0.25) is 5.91 Å². The van der Waals surface area contributed by atoms with Crippen LogP contribution in [0.4, 0.5) is 0 Å². The van der Waals surface area contributed by atoms with Crippen LogP contribution >= 0.6 is 0 Å². The number of fused-ring (bicyclic) bond motifs is 1. The molecule has 130 valence electrons. The summed E-state index contributed by atoms with van der Waals surface area (Å²) >= 11 is 0. The maximum Gasteiger partial charge on any atom is 0.251 e. The number of amides is 2. The summed E-state index contributed by atoms with van der Waals surface area (Å²) in [4.78, 5) is 26.7. The van der Waals surface area contributed by atoms with Crippen LogP contribution in [0.25, 0.3) is 0 Å². The molecule has 2 aliphatic rings. The number of hydrogen-bond acceptors (Lipinski definition) is 2. The Morgan fingerprint density at radius 3 is 2.62 bits per heavy atom. The predicted molar refractivity (Wildman–Crippen MR) is 94.7 cm³/mol. The maximum atomic E-state index is 12.6. The summed E-state index contributed by atoms with van der Waals surface area (Å²) in [5.41, 5.74) is 0.671. The number of piperidine rings is 1. The SMILES string of the molecule is O=C(NCCCC(=O)N1CCCC2CCCCC21)c1ccccc1. The van der Waals surface area contributed by atoms with E-state index < -0.39 is 0 Å². The largest absolute Gasteiger partial charge is 0.352 e. The van der Waals surface area contributed by atoms with Gasteiger partial charge in [-0.05, 0) is 50.2 Å². The zero-order valence-electron chi connectivity index (χ0n) is 14.4. The molecule has 0 spiro atoms. The Labute approximate surface area is 144 Å². The maximum absolute atomic E-state index is 12.6. The molecule has 1 aromatic rings. The highest BCUT2D eigenvalue weighted by molar-refractivity contribution is 5.94. The topological polar surface area (TPSA) is 49.4 Å². The third kappa shape index (κ3) is 4.16. The summed E-state index contributed by atoms with van der Waals surface area (Å²) in [6.45, 7) is 1.48. The number of benzene rings is 1. The van der Waals surface area contributed by atoms with Gasteiger partial charge in [0.05, 0.1) is 0 Å². The average molecular weight is 328 g/mol. The molecule has 1 N–H and O–H groups in total. The predicted octanol–water partition coefficient (Wildman–Crippen LogP) is 3.38. The second-order valence-corrected chi connectivity index (χ2v) is 7.07. The highest BCUT2D eigenvalue weighted by Crippen LogP contribution is 2.35. The normalized spacial score (nSPS) is 23.4. The van der Waals surface area contributed by atoms with Crippen LogP contribution in [-0.4, -0.2) is 35.8 Å².